The molecule has 1 unspecified atom stereocenters. The van der Waals surface area contributed by atoms with Gasteiger partial charge in [-0.1, -0.05) is 12.1 Å². The molecule has 1 aromatic carbocycles. The molecule has 36 heavy (non-hydrogen) atoms. The summed E-state index contributed by atoms with van der Waals surface area (Å²) in [6.07, 6.45) is 5.11. The van der Waals surface area contributed by atoms with Gasteiger partial charge in [0.1, 0.15) is 6.04 Å². The molecule has 2 aromatic rings. The monoisotopic (exact) mass is 492 g/mol. The number of carbonyl (C=O) groups is 4. The fraction of sp³-hybridized carbons (Fsp3) is 0.520. The van der Waals surface area contributed by atoms with Gasteiger partial charge >= 0.3 is 0 Å². The van der Waals surface area contributed by atoms with Crippen LogP contribution in [0.2, 0.25) is 0 Å². The average Bonchev–Trinajstić information content (AvgIpc) is 3.33. The van der Waals surface area contributed by atoms with Crippen molar-refractivity contribution in [1.82, 2.24) is 30.5 Å². The summed E-state index contributed by atoms with van der Waals surface area (Å²) in [4.78, 5) is 50.9. The Bertz CT molecular complexity index is 1270. The maximum Gasteiger partial charge on any atom is 0.273 e. The molecular formula is C25H28N6O5. The molecule has 4 amide bonds. The average molecular weight is 493 g/mol. The summed E-state index contributed by atoms with van der Waals surface area (Å²) >= 11 is 0. The van der Waals surface area contributed by atoms with Crippen molar-refractivity contribution in [3.63, 3.8) is 0 Å². The van der Waals surface area contributed by atoms with Gasteiger partial charge in [0.05, 0.1) is 11.9 Å². The topological polar surface area (TPSA) is 136 Å². The Labute approximate surface area is 207 Å². The third-order valence-electron chi connectivity index (χ3n) is 8.13. The molecule has 188 valence electrons. The lowest BCUT2D eigenvalue weighted by Crippen LogP contribution is -2.52. The van der Waals surface area contributed by atoms with Crippen molar-refractivity contribution in [3.8, 4) is 5.69 Å². The Balaban J connectivity index is 1.12. The van der Waals surface area contributed by atoms with E-state index in [1.807, 2.05) is 6.07 Å². The normalized spacial score (nSPS) is 27.0. The molecule has 11 nitrogen and oxygen atoms in total. The molecule has 2 saturated heterocycles. The number of piperidine rings is 1. The smallest absolute Gasteiger partial charge is 0.273 e. The van der Waals surface area contributed by atoms with Crippen molar-refractivity contribution in [1.29, 1.82) is 0 Å². The molecule has 3 aliphatic heterocycles. The Hall–Kier alpha value is -3.60. The first-order valence-electron chi connectivity index (χ1n) is 12.4. The van der Waals surface area contributed by atoms with Gasteiger partial charge < -0.3 is 15.0 Å². The van der Waals surface area contributed by atoms with Crippen LogP contribution in [0.15, 0.2) is 24.4 Å². The predicted octanol–water partition coefficient (Wildman–Crippen LogP) is 0.963. The number of amides is 4. The van der Waals surface area contributed by atoms with Crippen molar-refractivity contribution in [2.45, 2.75) is 57.7 Å². The van der Waals surface area contributed by atoms with Crippen molar-refractivity contribution in [3.05, 3.63) is 41.2 Å². The lowest BCUT2D eigenvalue weighted by atomic mass is 9.77. The molecule has 0 spiro atoms. The zero-order valence-electron chi connectivity index (χ0n) is 20.0. The number of hydrogen-bond donors (Lipinski definition) is 2. The van der Waals surface area contributed by atoms with Crippen LogP contribution in [0.5, 0.6) is 0 Å². The predicted molar refractivity (Wildman–Crippen MR) is 125 cm³/mol. The number of aromatic nitrogens is 3. The molecule has 1 aliphatic carbocycles. The van der Waals surface area contributed by atoms with Gasteiger partial charge in [0.15, 0.2) is 5.69 Å². The summed E-state index contributed by atoms with van der Waals surface area (Å²) in [5, 5.41) is 13.6. The molecule has 1 aromatic heterocycles. The number of nitrogens with zero attached hydrogens (tertiary/aromatic N) is 4. The maximum atomic E-state index is 12.9. The van der Waals surface area contributed by atoms with E-state index >= 15 is 0 Å². The summed E-state index contributed by atoms with van der Waals surface area (Å²) in [6, 6.07) is 4.74. The summed E-state index contributed by atoms with van der Waals surface area (Å²) in [5.41, 5.74) is 2.38. The van der Waals surface area contributed by atoms with E-state index in [0.717, 1.165) is 38.0 Å². The number of hydrogen-bond acceptors (Lipinski definition) is 7. The number of nitrogens with one attached hydrogen (secondary N) is 2. The first-order chi connectivity index (χ1) is 17.3. The highest BCUT2D eigenvalue weighted by atomic mass is 16.5. The van der Waals surface area contributed by atoms with Crippen LogP contribution >= 0.6 is 0 Å². The van der Waals surface area contributed by atoms with E-state index in [2.05, 4.69) is 27.9 Å². The minimum absolute atomic E-state index is 0.148. The molecule has 0 radical (unpaired) electrons. The SMILES string of the molecule is CC1([C@@H]2C[C@H]2NC(=O)c2cn(-c3ccc4c(c3)CN(C3CCC(=O)NC3=O)C4=O)nn2)CCOCC1. The van der Waals surface area contributed by atoms with Crippen LogP contribution in [0.1, 0.15) is 65.4 Å². The van der Waals surface area contributed by atoms with Gasteiger partial charge in [0.25, 0.3) is 11.8 Å². The summed E-state index contributed by atoms with van der Waals surface area (Å²) in [5.74, 6) is -0.777. The number of ether oxygens (including phenoxy) is 1. The molecule has 3 atom stereocenters. The molecule has 0 bridgehead atoms. The number of carbonyl (C=O) groups excluding carboxylic acids is 4. The minimum Gasteiger partial charge on any atom is -0.381 e. The quantitative estimate of drug-likeness (QED) is 0.594. The molecule has 3 fully saturated rings. The van der Waals surface area contributed by atoms with Gasteiger partial charge in [-0.25, -0.2) is 4.68 Å². The van der Waals surface area contributed by atoms with Crippen LogP contribution in [0.4, 0.5) is 0 Å². The fourth-order valence-electron chi connectivity index (χ4n) is 5.77. The highest BCUT2D eigenvalue weighted by molar-refractivity contribution is 6.05. The van der Waals surface area contributed by atoms with Gasteiger partial charge in [-0.05, 0) is 60.8 Å². The van der Waals surface area contributed by atoms with E-state index < -0.39 is 11.9 Å². The zero-order chi connectivity index (χ0) is 25.0. The number of imide groups is 1. The third-order valence-corrected chi connectivity index (χ3v) is 8.13. The van der Waals surface area contributed by atoms with Gasteiger partial charge in [-0.15, -0.1) is 5.10 Å². The van der Waals surface area contributed by atoms with Gasteiger partial charge in [-0.2, -0.15) is 0 Å². The van der Waals surface area contributed by atoms with Gasteiger partial charge in [0, 0.05) is 37.8 Å². The van der Waals surface area contributed by atoms with E-state index in [-0.39, 0.29) is 47.8 Å². The number of rotatable bonds is 5. The molecule has 1 saturated carbocycles. The third kappa shape index (κ3) is 3.97. The van der Waals surface area contributed by atoms with E-state index in [1.54, 1.807) is 18.3 Å². The lowest BCUT2D eigenvalue weighted by molar-refractivity contribution is -0.136. The zero-order valence-corrected chi connectivity index (χ0v) is 20.0. The highest BCUT2D eigenvalue weighted by Gasteiger charge is 2.51. The lowest BCUT2D eigenvalue weighted by Gasteiger charge is -2.34. The fourth-order valence-corrected chi connectivity index (χ4v) is 5.77. The van der Waals surface area contributed by atoms with Gasteiger partial charge in [0.2, 0.25) is 11.8 Å². The van der Waals surface area contributed by atoms with E-state index in [1.165, 1.54) is 9.58 Å². The van der Waals surface area contributed by atoms with Crippen LogP contribution in [-0.2, 0) is 20.9 Å². The van der Waals surface area contributed by atoms with Crippen LogP contribution in [-0.4, -0.2) is 68.8 Å². The maximum absolute atomic E-state index is 12.9. The summed E-state index contributed by atoms with van der Waals surface area (Å²) < 4.78 is 7.00. The molecular weight excluding hydrogens is 464 g/mol. The molecule has 4 aliphatic rings. The van der Waals surface area contributed by atoms with E-state index in [4.69, 9.17) is 4.74 Å². The van der Waals surface area contributed by atoms with Crippen LogP contribution < -0.4 is 10.6 Å². The van der Waals surface area contributed by atoms with E-state index in [9.17, 15) is 19.2 Å². The second-order valence-electron chi connectivity index (χ2n) is 10.5. The summed E-state index contributed by atoms with van der Waals surface area (Å²) in [7, 11) is 0. The standard InChI is InChI=1S/C25H28N6O5/c1-25(6-8-36-9-7-25)17-11-18(17)26-22(33)19-13-31(29-28-19)15-2-3-16-14(10-15)12-30(24(16)35)20-4-5-21(32)27-23(20)34/h2-3,10,13,17-18,20H,4-9,11-12H2,1H3,(H,26,33)(H,27,32,34)/t17-,18-,20?/m1/s1. The van der Waals surface area contributed by atoms with Crippen LogP contribution in [0.25, 0.3) is 5.69 Å². The van der Waals surface area contributed by atoms with Crippen molar-refractivity contribution >= 4 is 23.6 Å². The summed E-state index contributed by atoms with van der Waals surface area (Å²) in [6.45, 7) is 4.10. The Kier molecular flexibility index (Phi) is 5.40. The van der Waals surface area contributed by atoms with Crippen LogP contribution in [0.3, 0.4) is 0 Å². The Morgan fingerprint density at radius 3 is 2.81 bits per heavy atom. The molecule has 2 N–H and O–H groups in total. The number of fused-ring (bicyclic) bond motifs is 1. The Morgan fingerprint density at radius 1 is 1.22 bits per heavy atom. The van der Waals surface area contributed by atoms with Crippen molar-refractivity contribution in [2.75, 3.05) is 13.2 Å². The molecule has 4 heterocycles. The van der Waals surface area contributed by atoms with Crippen molar-refractivity contribution in [2.24, 2.45) is 11.3 Å². The highest BCUT2D eigenvalue weighted by Crippen LogP contribution is 2.51. The largest absolute Gasteiger partial charge is 0.381 e. The second-order valence-corrected chi connectivity index (χ2v) is 10.5. The molecule has 6 rings (SSSR count). The first-order valence-corrected chi connectivity index (χ1v) is 12.4. The first kappa shape index (κ1) is 22.8. The van der Waals surface area contributed by atoms with E-state index in [0.29, 0.717) is 23.6 Å². The Morgan fingerprint density at radius 2 is 2.03 bits per heavy atom. The van der Waals surface area contributed by atoms with Crippen LogP contribution in [0, 0.1) is 11.3 Å². The number of benzene rings is 1. The minimum atomic E-state index is -0.664. The van der Waals surface area contributed by atoms with Gasteiger partial charge in [-0.3, -0.25) is 24.5 Å². The molecule has 11 heteroatoms. The second kappa shape index (κ2) is 8.51. The van der Waals surface area contributed by atoms with Crippen molar-refractivity contribution < 1.29 is 23.9 Å².